The molecule has 0 bridgehead atoms. The lowest BCUT2D eigenvalue weighted by atomic mass is 10.2. The first-order chi connectivity index (χ1) is 13.1. The van der Waals surface area contributed by atoms with Crippen LogP contribution >= 0.6 is 11.6 Å². The third-order valence-electron chi connectivity index (χ3n) is 4.31. The molecule has 1 atom stereocenters. The van der Waals surface area contributed by atoms with Crippen molar-refractivity contribution < 1.29 is 14.3 Å². The van der Waals surface area contributed by atoms with Crippen molar-refractivity contribution in [1.29, 1.82) is 0 Å². The zero-order chi connectivity index (χ0) is 19.1. The van der Waals surface area contributed by atoms with Gasteiger partial charge >= 0.3 is 0 Å². The SMILES string of the molecule is Cc1ccccc1OCC(O)CN(Cc1ccco1)Cc1ccccc1Cl. The fourth-order valence-corrected chi connectivity index (χ4v) is 3.13. The molecule has 0 saturated heterocycles. The van der Waals surface area contributed by atoms with Crippen LogP contribution in [0.5, 0.6) is 5.75 Å². The number of aliphatic hydroxyl groups excluding tert-OH is 1. The van der Waals surface area contributed by atoms with Gasteiger partial charge in [-0.2, -0.15) is 0 Å². The maximum atomic E-state index is 10.5. The molecule has 3 rings (SSSR count). The second-order valence-corrected chi connectivity index (χ2v) is 6.98. The first kappa shape index (κ1) is 19.5. The molecule has 0 aliphatic heterocycles. The van der Waals surface area contributed by atoms with Crippen molar-refractivity contribution in [2.24, 2.45) is 0 Å². The molecule has 27 heavy (non-hydrogen) atoms. The monoisotopic (exact) mass is 385 g/mol. The topological polar surface area (TPSA) is 45.8 Å². The highest BCUT2D eigenvalue weighted by molar-refractivity contribution is 6.31. The number of hydrogen-bond acceptors (Lipinski definition) is 4. The highest BCUT2D eigenvalue weighted by Gasteiger charge is 2.16. The van der Waals surface area contributed by atoms with Crippen LogP contribution in [0.1, 0.15) is 16.9 Å². The van der Waals surface area contributed by atoms with E-state index in [1.165, 1.54) is 0 Å². The Balaban J connectivity index is 1.63. The Hall–Kier alpha value is -2.27. The lowest BCUT2D eigenvalue weighted by molar-refractivity contribution is 0.0602. The van der Waals surface area contributed by atoms with Gasteiger partial charge in [0.2, 0.25) is 0 Å². The minimum absolute atomic E-state index is 0.224. The van der Waals surface area contributed by atoms with Crippen LogP contribution in [0.4, 0.5) is 0 Å². The van der Waals surface area contributed by atoms with E-state index in [1.807, 2.05) is 67.6 Å². The molecule has 0 amide bonds. The summed E-state index contributed by atoms with van der Waals surface area (Å²) in [4.78, 5) is 2.10. The maximum Gasteiger partial charge on any atom is 0.122 e. The molecule has 2 aromatic carbocycles. The van der Waals surface area contributed by atoms with Gasteiger partial charge in [-0.1, -0.05) is 48.0 Å². The number of benzene rings is 2. The Bertz CT molecular complexity index is 835. The van der Waals surface area contributed by atoms with Gasteiger partial charge in [0.05, 0.1) is 12.8 Å². The Morgan fingerprint density at radius 1 is 1.04 bits per heavy atom. The summed E-state index contributed by atoms with van der Waals surface area (Å²) in [5, 5.41) is 11.2. The van der Waals surface area contributed by atoms with Crippen molar-refractivity contribution in [2.75, 3.05) is 13.2 Å². The van der Waals surface area contributed by atoms with E-state index >= 15 is 0 Å². The summed E-state index contributed by atoms with van der Waals surface area (Å²) < 4.78 is 11.3. The summed E-state index contributed by atoms with van der Waals surface area (Å²) >= 11 is 6.31. The molecule has 0 fully saturated rings. The van der Waals surface area contributed by atoms with Crippen LogP contribution in [0.2, 0.25) is 5.02 Å². The van der Waals surface area contributed by atoms with Gasteiger partial charge in [0.15, 0.2) is 0 Å². The first-order valence-corrected chi connectivity index (χ1v) is 9.34. The van der Waals surface area contributed by atoms with E-state index in [1.54, 1.807) is 6.26 Å². The van der Waals surface area contributed by atoms with Crippen LogP contribution in [0.25, 0.3) is 0 Å². The second kappa shape index (κ2) is 9.60. The van der Waals surface area contributed by atoms with Gasteiger partial charge in [-0.15, -0.1) is 0 Å². The van der Waals surface area contributed by atoms with Crippen LogP contribution in [0.15, 0.2) is 71.3 Å². The minimum atomic E-state index is -0.637. The number of ether oxygens (including phenoxy) is 1. The van der Waals surface area contributed by atoms with Crippen molar-refractivity contribution in [3.05, 3.63) is 88.8 Å². The zero-order valence-electron chi connectivity index (χ0n) is 15.3. The minimum Gasteiger partial charge on any atom is -0.491 e. The summed E-state index contributed by atoms with van der Waals surface area (Å²) in [5.74, 6) is 1.63. The summed E-state index contributed by atoms with van der Waals surface area (Å²) in [6.07, 6.45) is 1.02. The lowest BCUT2D eigenvalue weighted by Crippen LogP contribution is -2.35. The van der Waals surface area contributed by atoms with Gasteiger partial charge < -0.3 is 14.3 Å². The van der Waals surface area contributed by atoms with Crippen molar-refractivity contribution in [3.8, 4) is 5.75 Å². The van der Waals surface area contributed by atoms with Crippen LogP contribution in [-0.4, -0.2) is 29.3 Å². The number of halogens is 1. The molecule has 1 unspecified atom stereocenters. The van der Waals surface area contributed by atoms with Gasteiger partial charge in [-0.05, 0) is 42.3 Å². The van der Waals surface area contributed by atoms with Gasteiger partial charge in [-0.25, -0.2) is 0 Å². The Morgan fingerprint density at radius 3 is 2.56 bits per heavy atom. The molecular weight excluding hydrogens is 362 g/mol. The van der Waals surface area contributed by atoms with Crippen LogP contribution in [0, 0.1) is 6.92 Å². The summed E-state index contributed by atoms with van der Waals surface area (Å²) in [7, 11) is 0. The van der Waals surface area contributed by atoms with E-state index in [2.05, 4.69) is 4.90 Å². The standard InChI is InChI=1S/C22H24ClNO3/c1-17-7-2-5-11-22(17)27-16-19(25)14-24(15-20-9-6-12-26-20)13-18-8-3-4-10-21(18)23/h2-12,19,25H,13-16H2,1H3. The van der Waals surface area contributed by atoms with Crippen molar-refractivity contribution in [2.45, 2.75) is 26.1 Å². The molecule has 142 valence electrons. The predicted molar refractivity (Wildman–Crippen MR) is 107 cm³/mol. The molecule has 0 saturated carbocycles. The molecule has 0 radical (unpaired) electrons. The summed E-state index contributed by atoms with van der Waals surface area (Å²) in [6, 6.07) is 19.3. The van der Waals surface area contributed by atoms with Gasteiger partial charge in [0.25, 0.3) is 0 Å². The molecule has 4 nitrogen and oxygen atoms in total. The number of nitrogens with zero attached hydrogens (tertiary/aromatic N) is 1. The smallest absolute Gasteiger partial charge is 0.122 e. The fraction of sp³-hybridized carbons (Fsp3) is 0.273. The molecule has 5 heteroatoms. The third kappa shape index (κ3) is 5.86. The summed E-state index contributed by atoms with van der Waals surface area (Å²) in [6.45, 7) is 3.85. The predicted octanol–water partition coefficient (Wildman–Crippen LogP) is 4.68. The van der Waals surface area contributed by atoms with Crippen LogP contribution in [0.3, 0.4) is 0 Å². The Morgan fingerprint density at radius 2 is 1.81 bits per heavy atom. The number of aliphatic hydroxyl groups is 1. The van der Waals surface area contributed by atoms with E-state index in [0.29, 0.717) is 24.7 Å². The van der Waals surface area contributed by atoms with E-state index in [4.69, 9.17) is 20.8 Å². The Labute approximate surface area is 165 Å². The molecule has 0 aliphatic rings. The van der Waals surface area contributed by atoms with Crippen molar-refractivity contribution in [1.82, 2.24) is 4.90 Å². The molecule has 1 heterocycles. The largest absolute Gasteiger partial charge is 0.491 e. The van der Waals surface area contributed by atoms with E-state index in [-0.39, 0.29) is 6.61 Å². The molecule has 0 spiro atoms. The van der Waals surface area contributed by atoms with Crippen molar-refractivity contribution >= 4 is 11.6 Å². The summed E-state index contributed by atoms with van der Waals surface area (Å²) in [5.41, 5.74) is 2.06. The van der Waals surface area contributed by atoms with E-state index in [9.17, 15) is 5.11 Å². The lowest BCUT2D eigenvalue weighted by Gasteiger charge is -2.25. The normalized spacial score (nSPS) is 12.3. The molecule has 3 aromatic rings. The Kier molecular flexibility index (Phi) is 6.93. The number of aryl methyl sites for hydroxylation is 1. The maximum absolute atomic E-state index is 10.5. The fourth-order valence-electron chi connectivity index (χ4n) is 2.93. The van der Waals surface area contributed by atoms with E-state index < -0.39 is 6.10 Å². The highest BCUT2D eigenvalue weighted by Crippen LogP contribution is 2.20. The van der Waals surface area contributed by atoms with Gasteiger partial charge in [0.1, 0.15) is 24.2 Å². The average Bonchev–Trinajstić information content (AvgIpc) is 3.16. The zero-order valence-corrected chi connectivity index (χ0v) is 16.1. The number of rotatable bonds is 9. The third-order valence-corrected chi connectivity index (χ3v) is 4.67. The quantitative estimate of drug-likeness (QED) is 0.580. The molecular formula is C22H24ClNO3. The molecule has 0 aliphatic carbocycles. The molecule has 1 N–H and O–H groups in total. The first-order valence-electron chi connectivity index (χ1n) is 8.96. The number of hydrogen-bond donors (Lipinski definition) is 1. The highest BCUT2D eigenvalue weighted by atomic mass is 35.5. The van der Waals surface area contributed by atoms with Gasteiger partial charge in [0, 0.05) is 18.1 Å². The van der Waals surface area contributed by atoms with Crippen LogP contribution in [-0.2, 0) is 13.1 Å². The van der Waals surface area contributed by atoms with E-state index in [0.717, 1.165) is 22.6 Å². The molecule has 1 aromatic heterocycles. The second-order valence-electron chi connectivity index (χ2n) is 6.57. The average molecular weight is 386 g/mol. The van der Waals surface area contributed by atoms with Crippen LogP contribution < -0.4 is 4.74 Å². The van der Waals surface area contributed by atoms with Crippen molar-refractivity contribution in [3.63, 3.8) is 0 Å². The number of para-hydroxylation sites is 1. The van der Waals surface area contributed by atoms with Gasteiger partial charge in [-0.3, -0.25) is 4.90 Å². The number of furan rings is 1.